The Bertz CT molecular complexity index is 929. The maximum absolute atomic E-state index is 15.2. The lowest BCUT2D eigenvalue weighted by Gasteiger charge is -2.48. The van der Waals surface area contributed by atoms with Gasteiger partial charge in [-0.15, -0.1) is 0 Å². The number of carbonyl (C=O) groups excluding carboxylic acids is 1. The molecule has 4 fully saturated rings. The molecule has 1 heterocycles. The Balaban J connectivity index is 1.37. The lowest BCUT2D eigenvalue weighted by molar-refractivity contribution is -0.141. The van der Waals surface area contributed by atoms with Gasteiger partial charge in [-0.3, -0.25) is 4.79 Å². The number of hydrogen-bond donors (Lipinski definition) is 1. The van der Waals surface area contributed by atoms with Crippen LogP contribution in [-0.2, 0) is 4.79 Å². The molecule has 3 saturated carbocycles. The van der Waals surface area contributed by atoms with Crippen LogP contribution in [0, 0.1) is 23.1 Å². The van der Waals surface area contributed by atoms with E-state index < -0.39 is 23.7 Å². The smallest absolute Gasteiger partial charge is 0.326 e. The number of aliphatic carboxylic acids is 1. The summed E-state index contributed by atoms with van der Waals surface area (Å²) in [5, 5.41) is 9.44. The number of carboxylic acid groups (broad SMARTS) is 1. The van der Waals surface area contributed by atoms with Crippen molar-refractivity contribution >= 4 is 11.9 Å². The molecule has 1 saturated heterocycles. The fraction of sp³-hybridized carbons (Fsp3) is 0.704. The average molecular weight is 458 g/mol. The largest absolute Gasteiger partial charge is 0.493 e. The zero-order valence-corrected chi connectivity index (χ0v) is 19.7. The third kappa shape index (κ3) is 4.50. The summed E-state index contributed by atoms with van der Waals surface area (Å²) in [6.45, 7) is 3.26. The first-order chi connectivity index (χ1) is 15.9. The highest BCUT2D eigenvalue weighted by atomic mass is 19.1. The summed E-state index contributed by atoms with van der Waals surface area (Å²) in [5.74, 6) is 0.289. The van der Waals surface area contributed by atoms with Crippen molar-refractivity contribution in [2.24, 2.45) is 17.3 Å². The van der Waals surface area contributed by atoms with Gasteiger partial charge < -0.3 is 14.7 Å². The first-order valence-corrected chi connectivity index (χ1v) is 12.9. The van der Waals surface area contributed by atoms with E-state index >= 15 is 4.39 Å². The standard InChI is InChI=1S/C27H36FNO4/c1-2-17-11-18-5-3-9-27(14-17,15-18)16-33-24-13-22(28)21(12-20(24)19-7-8-19)25(30)29-10-4-6-23(29)26(31)32/h12-13,17-19,23H,2-11,14-16H2,1H3,(H,31,32). The van der Waals surface area contributed by atoms with Crippen LogP contribution in [-0.4, -0.2) is 41.1 Å². The molecule has 0 aromatic heterocycles. The lowest BCUT2D eigenvalue weighted by atomic mass is 9.59. The molecule has 4 aliphatic rings. The van der Waals surface area contributed by atoms with Gasteiger partial charge in [0.25, 0.3) is 5.91 Å². The van der Waals surface area contributed by atoms with Gasteiger partial charge in [-0.25, -0.2) is 9.18 Å². The van der Waals surface area contributed by atoms with Crippen LogP contribution in [0.1, 0.15) is 99.4 Å². The van der Waals surface area contributed by atoms with E-state index in [2.05, 4.69) is 6.92 Å². The number of amides is 1. The highest BCUT2D eigenvalue weighted by molar-refractivity contribution is 5.97. The van der Waals surface area contributed by atoms with Crippen LogP contribution in [0.2, 0.25) is 0 Å². The first kappa shape index (κ1) is 22.7. The Morgan fingerprint density at radius 2 is 2.00 bits per heavy atom. The first-order valence-electron chi connectivity index (χ1n) is 12.9. The minimum Gasteiger partial charge on any atom is -0.493 e. The molecule has 4 atom stereocenters. The Kier molecular flexibility index (Phi) is 6.13. The zero-order chi connectivity index (χ0) is 23.2. The molecule has 2 bridgehead atoms. The molecule has 0 radical (unpaired) electrons. The van der Waals surface area contributed by atoms with E-state index in [9.17, 15) is 14.7 Å². The maximum Gasteiger partial charge on any atom is 0.326 e. The van der Waals surface area contributed by atoms with Crippen LogP contribution >= 0.6 is 0 Å². The van der Waals surface area contributed by atoms with E-state index in [4.69, 9.17) is 4.74 Å². The van der Waals surface area contributed by atoms with Crippen LogP contribution in [0.3, 0.4) is 0 Å². The molecule has 1 aliphatic heterocycles. The van der Waals surface area contributed by atoms with Crippen LogP contribution in [0.5, 0.6) is 5.75 Å². The topological polar surface area (TPSA) is 66.8 Å². The van der Waals surface area contributed by atoms with E-state index in [0.717, 1.165) is 30.2 Å². The molecule has 1 N–H and O–H groups in total. The van der Waals surface area contributed by atoms with Crippen molar-refractivity contribution < 1.29 is 23.8 Å². The lowest BCUT2D eigenvalue weighted by Crippen LogP contribution is -2.41. The number of ether oxygens (including phenoxy) is 1. The van der Waals surface area contributed by atoms with Crippen LogP contribution in [0.15, 0.2) is 12.1 Å². The number of likely N-dealkylation sites (tertiary alicyclic amines) is 1. The Morgan fingerprint density at radius 1 is 1.18 bits per heavy atom. The number of carbonyl (C=O) groups is 2. The number of benzene rings is 1. The van der Waals surface area contributed by atoms with Crippen LogP contribution < -0.4 is 4.74 Å². The molecular weight excluding hydrogens is 421 g/mol. The van der Waals surface area contributed by atoms with Crippen molar-refractivity contribution in [3.05, 3.63) is 29.1 Å². The summed E-state index contributed by atoms with van der Waals surface area (Å²) in [7, 11) is 0. The van der Waals surface area contributed by atoms with Gasteiger partial charge in [-0.1, -0.05) is 26.2 Å². The molecule has 6 heteroatoms. The second kappa shape index (κ2) is 8.92. The minimum atomic E-state index is -1.02. The summed E-state index contributed by atoms with van der Waals surface area (Å²) >= 11 is 0. The van der Waals surface area contributed by atoms with Gasteiger partial charge in [0.1, 0.15) is 17.6 Å². The van der Waals surface area contributed by atoms with Crippen molar-refractivity contribution in [3.63, 3.8) is 0 Å². The summed E-state index contributed by atoms with van der Waals surface area (Å²) < 4.78 is 21.6. The molecule has 5 rings (SSSR count). The number of rotatable bonds is 7. The van der Waals surface area contributed by atoms with Crippen LogP contribution in [0.25, 0.3) is 0 Å². The van der Waals surface area contributed by atoms with Gasteiger partial charge in [0.2, 0.25) is 0 Å². The molecule has 5 nitrogen and oxygen atoms in total. The highest BCUT2D eigenvalue weighted by Gasteiger charge is 2.43. The third-order valence-electron chi connectivity index (χ3n) is 8.69. The monoisotopic (exact) mass is 457 g/mol. The number of fused-ring (bicyclic) bond motifs is 2. The van der Waals surface area contributed by atoms with Gasteiger partial charge in [0, 0.05) is 18.0 Å². The summed E-state index contributed by atoms with van der Waals surface area (Å²) in [6.07, 6.45) is 11.8. The summed E-state index contributed by atoms with van der Waals surface area (Å²) in [6, 6.07) is 2.18. The van der Waals surface area contributed by atoms with Crippen molar-refractivity contribution in [2.45, 2.75) is 89.5 Å². The van der Waals surface area contributed by atoms with Gasteiger partial charge in [-0.05, 0) is 80.8 Å². The predicted molar refractivity (Wildman–Crippen MR) is 123 cm³/mol. The maximum atomic E-state index is 15.2. The van der Waals surface area contributed by atoms with E-state index in [1.165, 1.54) is 55.9 Å². The van der Waals surface area contributed by atoms with E-state index in [1.807, 2.05) is 0 Å². The van der Waals surface area contributed by atoms with Crippen molar-refractivity contribution in [1.29, 1.82) is 0 Å². The average Bonchev–Trinajstić information content (AvgIpc) is 3.51. The molecule has 1 aromatic rings. The van der Waals surface area contributed by atoms with Crippen molar-refractivity contribution in [1.82, 2.24) is 4.90 Å². The fourth-order valence-corrected chi connectivity index (χ4v) is 6.86. The number of halogens is 1. The second-order valence-corrected chi connectivity index (χ2v) is 11.1. The SMILES string of the molecule is CCC1CC2CCCC(COc3cc(F)c(C(=O)N4CCCC4C(=O)O)cc3C3CC3)(C1)C2. The van der Waals surface area contributed by atoms with E-state index in [1.54, 1.807) is 6.07 Å². The predicted octanol–water partition coefficient (Wildman–Crippen LogP) is 5.77. The zero-order valence-electron chi connectivity index (χ0n) is 19.7. The summed E-state index contributed by atoms with van der Waals surface area (Å²) in [4.78, 5) is 25.9. The van der Waals surface area contributed by atoms with Gasteiger partial charge in [0.15, 0.2) is 0 Å². The van der Waals surface area contributed by atoms with Crippen LogP contribution in [0.4, 0.5) is 4.39 Å². The molecule has 33 heavy (non-hydrogen) atoms. The number of nitrogens with zero attached hydrogens (tertiary/aromatic N) is 1. The molecule has 4 unspecified atom stereocenters. The second-order valence-electron chi connectivity index (χ2n) is 11.1. The Morgan fingerprint density at radius 3 is 2.73 bits per heavy atom. The van der Waals surface area contributed by atoms with Gasteiger partial charge in [-0.2, -0.15) is 0 Å². The summed E-state index contributed by atoms with van der Waals surface area (Å²) in [5.41, 5.74) is 1.09. The molecule has 1 amide bonds. The normalized spacial score (nSPS) is 31.5. The molecule has 3 aliphatic carbocycles. The Hall–Kier alpha value is -2.11. The van der Waals surface area contributed by atoms with E-state index in [0.29, 0.717) is 37.7 Å². The number of hydrogen-bond acceptors (Lipinski definition) is 3. The van der Waals surface area contributed by atoms with Gasteiger partial charge >= 0.3 is 5.97 Å². The number of carboxylic acids is 1. The quantitative estimate of drug-likeness (QED) is 0.565. The van der Waals surface area contributed by atoms with Crippen molar-refractivity contribution in [3.8, 4) is 5.75 Å². The van der Waals surface area contributed by atoms with Gasteiger partial charge in [0.05, 0.1) is 12.2 Å². The minimum absolute atomic E-state index is 0.0167. The fourth-order valence-electron chi connectivity index (χ4n) is 6.86. The molecule has 0 spiro atoms. The third-order valence-corrected chi connectivity index (χ3v) is 8.69. The molecule has 180 valence electrons. The van der Waals surface area contributed by atoms with E-state index in [-0.39, 0.29) is 11.0 Å². The molecular formula is C27H36FNO4. The highest BCUT2D eigenvalue weighted by Crippen LogP contribution is 2.52. The van der Waals surface area contributed by atoms with Crippen molar-refractivity contribution in [2.75, 3.05) is 13.2 Å². The molecule has 1 aromatic carbocycles. The Labute approximate surface area is 195 Å².